The van der Waals surface area contributed by atoms with E-state index in [1.807, 2.05) is 0 Å². The predicted molar refractivity (Wildman–Crippen MR) is 85.3 cm³/mol. The van der Waals surface area contributed by atoms with E-state index in [4.69, 9.17) is 0 Å². The molecule has 0 aromatic heterocycles. The van der Waals surface area contributed by atoms with Gasteiger partial charge in [0.15, 0.2) is 0 Å². The van der Waals surface area contributed by atoms with Crippen molar-refractivity contribution < 1.29 is 0 Å². The van der Waals surface area contributed by atoms with Gasteiger partial charge in [-0.05, 0) is 42.1 Å². The molecule has 0 bridgehead atoms. The Bertz CT molecular complexity index is 496. The summed E-state index contributed by atoms with van der Waals surface area (Å²) in [6.45, 7) is 4.26. The largest absolute Gasteiger partial charge is 0.313 e. The van der Waals surface area contributed by atoms with Crippen molar-refractivity contribution in [3.05, 3.63) is 70.2 Å². The highest BCUT2D eigenvalue weighted by atomic mass is 79.9. The van der Waals surface area contributed by atoms with Crippen molar-refractivity contribution >= 4 is 15.9 Å². The van der Waals surface area contributed by atoms with Crippen molar-refractivity contribution in [3.8, 4) is 0 Å². The van der Waals surface area contributed by atoms with E-state index in [0.29, 0.717) is 5.92 Å². The SMILES string of the molecule is CC(CCNCc1cccc(Br)c1)c1ccccc1. The van der Waals surface area contributed by atoms with Crippen LogP contribution in [0.3, 0.4) is 0 Å². The number of rotatable bonds is 6. The van der Waals surface area contributed by atoms with Crippen LogP contribution in [0.25, 0.3) is 0 Å². The van der Waals surface area contributed by atoms with Gasteiger partial charge in [0, 0.05) is 11.0 Å². The van der Waals surface area contributed by atoms with Crippen LogP contribution in [-0.2, 0) is 6.54 Å². The maximum absolute atomic E-state index is 3.51. The predicted octanol–water partition coefficient (Wildman–Crippen LogP) is 4.73. The Labute approximate surface area is 124 Å². The summed E-state index contributed by atoms with van der Waals surface area (Å²) in [5.41, 5.74) is 2.74. The molecule has 0 aliphatic heterocycles. The topological polar surface area (TPSA) is 12.0 Å². The Kier molecular flexibility index (Phi) is 5.62. The van der Waals surface area contributed by atoms with Crippen LogP contribution in [0.4, 0.5) is 0 Å². The minimum atomic E-state index is 0.608. The minimum absolute atomic E-state index is 0.608. The van der Waals surface area contributed by atoms with Gasteiger partial charge in [0.25, 0.3) is 0 Å². The molecule has 1 unspecified atom stereocenters. The van der Waals surface area contributed by atoms with E-state index in [1.54, 1.807) is 0 Å². The number of nitrogens with one attached hydrogen (secondary N) is 1. The van der Waals surface area contributed by atoms with Gasteiger partial charge in [0.2, 0.25) is 0 Å². The zero-order valence-electron chi connectivity index (χ0n) is 11.3. The summed E-state index contributed by atoms with van der Waals surface area (Å²) in [5, 5.41) is 3.51. The van der Waals surface area contributed by atoms with Crippen molar-refractivity contribution in [2.24, 2.45) is 0 Å². The zero-order valence-corrected chi connectivity index (χ0v) is 12.9. The van der Waals surface area contributed by atoms with E-state index < -0.39 is 0 Å². The molecule has 2 aromatic carbocycles. The summed E-state index contributed by atoms with van der Waals surface area (Å²) in [6, 6.07) is 19.2. The zero-order chi connectivity index (χ0) is 13.5. The van der Waals surface area contributed by atoms with Crippen LogP contribution >= 0.6 is 15.9 Å². The molecule has 0 saturated carbocycles. The van der Waals surface area contributed by atoms with E-state index in [9.17, 15) is 0 Å². The lowest BCUT2D eigenvalue weighted by Gasteiger charge is -2.12. The summed E-state index contributed by atoms with van der Waals surface area (Å²) >= 11 is 3.50. The molecule has 1 atom stereocenters. The molecule has 2 heteroatoms. The van der Waals surface area contributed by atoms with Gasteiger partial charge in [-0.15, -0.1) is 0 Å². The van der Waals surface area contributed by atoms with Crippen LogP contribution in [0.2, 0.25) is 0 Å². The Morgan fingerprint density at radius 2 is 1.84 bits per heavy atom. The molecule has 0 heterocycles. The fourth-order valence-electron chi connectivity index (χ4n) is 2.15. The van der Waals surface area contributed by atoms with Gasteiger partial charge in [-0.3, -0.25) is 0 Å². The Hall–Kier alpha value is -1.12. The van der Waals surface area contributed by atoms with Crippen LogP contribution in [0.5, 0.6) is 0 Å². The summed E-state index contributed by atoms with van der Waals surface area (Å²) < 4.78 is 1.14. The molecular formula is C17H20BrN. The summed E-state index contributed by atoms with van der Waals surface area (Å²) in [5.74, 6) is 0.608. The number of halogens is 1. The smallest absolute Gasteiger partial charge is 0.0205 e. The molecule has 100 valence electrons. The molecule has 0 aliphatic carbocycles. The van der Waals surface area contributed by atoms with Crippen molar-refractivity contribution in [2.45, 2.75) is 25.8 Å². The van der Waals surface area contributed by atoms with Crippen molar-refractivity contribution in [1.29, 1.82) is 0 Å². The van der Waals surface area contributed by atoms with E-state index in [2.05, 4.69) is 82.8 Å². The first-order valence-electron chi connectivity index (χ1n) is 6.76. The van der Waals surface area contributed by atoms with Gasteiger partial charge in [-0.25, -0.2) is 0 Å². The fraction of sp³-hybridized carbons (Fsp3) is 0.294. The Morgan fingerprint density at radius 3 is 2.58 bits per heavy atom. The average Bonchev–Trinajstić information content (AvgIpc) is 2.44. The van der Waals surface area contributed by atoms with Crippen LogP contribution in [0, 0.1) is 0 Å². The van der Waals surface area contributed by atoms with Gasteiger partial charge < -0.3 is 5.32 Å². The standard InChI is InChI=1S/C17H20BrN/c1-14(16-7-3-2-4-8-16)10-11-19-13-15-6-5-9-17(18)12-15/h2-9,12,14,19H,10-11,13H2,1H3. The van der Waals surface area contributed by atoms with Crippen LogP contribution < -0.4 is 5.32 Å². The first kappa shape index (κ1) is 14.3. The third-order valence-corrected chi connectivity index (χ3v) is 3.83. The summed E-state index contributed by atoms with van der Waals surface area (Å²) in [4.78, 5) is 0. The van der Waals surface area contributed by atoms with Crippen molar-refractivity contribution in [2.75, 3.05) is 6.54 Å². The molecule has 0 amide bonds. The monoisotopic (exact) mass is 317 g/mol. The molecule has 1 nitrogen and oxygen atoms in total. The highest BCUT2D eigenvalue weighted by molar-refractivity contribution is 9.10. The average molecular weight is 318 g/mol. The second-order valence-corrected chi connectivity index (χ2v) is 5.82. The van der Waals surface area contributed by atoms with E-state index in [0.717, 1.165) is 24.0 Å². The number of hydrogen-bond acceptors (Lipinski definition) is 1. The molecule has 2 rings (SSSR count). The normalized spacial score (nSPS) is 12.3. The quantitative estimate of drug-likeness (QED) is 0.759. The van der Waals surface area contributed by atoms with Gasteiger partial charge in [0.1, 0.15) is 0 Å². The van der Waals surface area contributed by atoms with Gasteiger partial charge in [0.05, 0.1) is 0 Å². The maximum Gasteiger partial charge on any atom is 0.0205 e. The third-order valence-electron chi connectivity index (χ3n) is 3.34. The lowest BCUT2D eigenvalue weighted by Crippen LogP contribution is -2.16. The highest BCUT2D eigenvalue weighted by Crippen LogP contribution is 2.17. The third kappa shape index (κ3) is 4.81. The van der Waals surface area contributed by atoms with Crippen molar-refractivity contribution in [1.82, 2.24) is 5.32 Å². The molecule has 0 aliphatic rings. The molecule has 0 radical (unpaired) electrons. The lowest BCUT2D eigenvalue weighted by atomic mass is 9.98. The molecule has 0 saturated heterocycles. The lowest BCUT2D eigenvalue weighted by molar-refractivity contribution is 0.594. The summed E-state index contributed by atoms with van der Waals surface area (Å²) in [7, 11) is 0. The fourth-order valence-corrected chi connectivity index (χ4v) is 2.59. The van der Waals surface area contributed by atoms with Gasteiger partial charge in [-0.1, -0.05) is 65.3 Å². The first-order valence-corrected chi connectivity index (χ1v) is 7.55. The highest BCUT2D eigenvalue weighted by Gasteiger charge is 2.03. The maximum atomic E-state index is 3.51. The second-order valence-electron chi connectivity index (χ2n) is 4.91. The van der Waals surface area contributed by atoms with Crippen LogP contribution in [0.15, 0.2) is 59.1 Å². The second kappa shape index (κ2) is 7.46. The number of benzene rings is 2. The molecule has 19 heavy (non-hydrogen) atoms. The first-order chi connectivity index (χ1) is 9.25. The molecule has 0 spiro atoms. The minimum Gasteiger partial charge on any atom is -0.313 e. The van der Waals surface area contributed by atoms with Crippen LogP contribution in [-0.4, -0.2) is 6.54 Å². The van der Waals surface area contributed by atoms with Crippen molar-refractivity contribution in [3.63, 3.8) is 0 Å². The van der Waals surface area contributed by atoms with Gasteiger partial charge in [-0.2, -0.15) is 0 Å². The van der Waals surface area contributed by atoms with E-state index in [-0.39, 0.29) is 0 Å². The number of hydrogen-bond donors (Lipinski definition) is 1. The Balaban J connectivity index is 1.72. The van der Waals surface area contributed by atoms with E-state index >= 15 is 0 Å². The summed E-state index contributed by atoms with van der Waals surface area (Å²) in [6.07, 6.45) is 1.16. The van der Waals surface area contributed by atoms with Gasteiger partial charge >= 0.3 is 0 Å². The Morgan fingerprint density at radius 1 is 1.05 bits per heavy atom. The molecular weight excluding hydrogens is 298 g/mol. The molecule has 1 N–H and O–H groups in total. The van der Waals surface area contributed by atoms with E-state index in [1.165, 1.54) is 11.1 Å². The molecule has 0 fully saturated rings. The van der Waals surface area contributed by atoms with Crippen LogP contribution in [0.1, 0.15) is 30.4 Å². The molecule has 2 aromatic rings.